The van der Waals surface area contributed by atoms with Crippen LogP contribution in [0.15, 0.2) is 60.7 Å². The minimum atomic E-state index is -1.06. The molecule has 7 heteroatoms. The van der Waals surface area contributed by atoms with Crippen molar-refractivity contribution >= 4 is 29.7 Å². The van der Waals surface area contributed by atoms with Crippen molar-refractivity contribution in [3.63, 3.8) is 0 Å². The number of aliphatic carboxylic acids is 1. The summed E-state index contributed by atoms with van der Waals surface area (Å²) in [5.74, 6) is 1.36. The van der Waals surface area contributed by atoms with Gasteiger partial charge in [0.1, 0.15) is 29.6 Å². The van der Waals surface area contributed by atoms with E-state index in [9.17, 15) is 4.79 Å². The number of hydrogen-bond acceptors (Lipinski definition) is 5. The average molecular weight is 469 g/mol. The van der Waals surface area contributed by atoms with Crippen LogP contribution in [0, 0.1) is 0 Å². The number of hydrogen-bond donors (Lipinski definition) is 1. The summed E-state index contributed by atoms with van der Waals surface area (Å²) < 4.78 is 21.9. The zero-order valence-corrected chi connectivity index (χ0v) is 19.3. The van der Waals surface area contributed by atoms with Gasteiger partial charge >= 0.3 is 5.97 Å². The van der Waals surface area contributed by atoms with Gasteiger partial charge in [-0.1, -0.05) is 42.0 Å². The molecule has 0 amide bonds. The fourth-order valence-corrected chi connectivity index (χ4v) is 3.18. The quantitative estimate of drug-likeness (QED) is 0.370. The first-order chi connectivity index (χ1) is 15.9. The molecule has 6 nitrogen and oxygen atoms in total. The molecular weight excluding hydrogens is 444 g/mol. The third-order valence-electron chi connectivity index (χ3n) is 4.78. The van der Waals surface area contributed by atoms with Crippen LogP contribution in [-0.4, -0.2) is 31.4 Å². The molecule has 0 saturated heterocycles. The van der Waals surface area contributed by atoms with Gasteiger partial charge < -0.3 is 24.1 Å². The molecule has 0 aromatic heterocycles. The van der Waals surface area contributed by atoms with Crippen molar-refractivity contribution in [1.82, 2.24) is 0 Å². The summed E-state index contributed by atoms with van der Waals surface area (Å²) in [7, 11) is 3.24. The highest BCUT2D eigenvalue weighted by Crippen LogP contribution is 2.29. The van der Waals surface area contributed by atoms with Crippen LogP contribution < -0.4 is 18.9 Å². The fraction of sp³-hybridized carbons (Fsp3) is 0.192. The highest BCUT2D eigenvalue weighted by molar-refractivity contribution is 6.32. The summed E-state index contributed by atoms with van der Waals surface area (Å²) in [5.41, 5.74) is 2.77. The van der Waals surface area contributed by atoms with Crippen LogP contribution >= 0.6 is 11.6 Å². The van der Waals surface area contributed by atoms with E-state index in [1.165, 1.54) is 6.92 Å². The van der Waals surface area contributed by atoms with Crippen molar-refractivity contribution < 1.29 is 28.8 Å². The first-order valence-corrected chi connectivity index (χ1v) is 10.6. The van der Waals surface area contributed by atoms with Gasteiger partial charge in [-0.25, -0.2) is 4.79 Å². The van der Waals surface area contributed by atoms with Crippen LogP contribution in [0.1, 0.15) is 23.6 Å². The van der Waals surface area contributed by atoms with E-state index in [1.54, 1.807) is 38.5 Å². The van der Waals surface area contributed by atoms with Crippen LogP contribution in [0.25, 0.3) is 12.2 Å². The van der Waals surface area contributed by atoms with E-state index in [2.05, 4.69) is 0 Å². The highest BCUT2D eigenvalue weighted by atomic mass is 35.5. The van der Waals surface area contributed by atoms with Crippen LogP contribution in [0.2, 0.25) is 5.02 Å². The zero-order valence-electron chi connectivity index (χ0n) is 18.6. The van der Waals surface area contributed by atoms with Gasteiger partial charge in [-0.05, 0) is 60.0 Å². The van der Waals surface area contributed by atoms with Gasteiger partial charge in [0.05, 0.1) is 19.2 Å². The van der Waals surface area contributed by atoms with Crippen molar-refractivity contribution in [2.24, 2.45) is 0 Å². The van der Waals surface area contributed by atoms with Gasteiger partial charge in [-0.2, -0.15) is 0 Å². The number of ether oxygens (including phenoxy) is 4. The Kier molecular flexibility index (Phi) is 8.22. The molecule has 0 fully saturated rings. The van der Waals surface area contributed by atoms with E-state index >= 15 is 0 Å². The van der Waals surface area contributed by atoms with Crippen LogP contribution in [0.5, 0.6) is 23.0 Å². The number of carboxylic acid groups (broad SMARTS) is 1. The second kappa shape index (κ2) is 11.3. The fourth-order valence-electron chi connectivity index (χ4n) is 2.94. The molecule has 0 aliphatic carbocycles. The molecule has 0 bridgehead atoms. The molecule has 1 atom stereocenters. The van der Waals surface area contributed by atoms with Crippen LogP contribution in [0.4, 0.5) is 0 Å². The highest BCUT2D eigenvalue weighted by Gasteiger charge is 2.14. The molecule has 0 heterocycles. The Balaban J connectivity index is 1.70. The first-order valence-electron chi connectivity index (χ1n) is 10.2. The van der Waals surface area contributed by atoms with Gasteiger partial charge in [0.2, 0.25) is 0 Å². The van der Waals surface area contributed by atoms with Gasteiger partial charge in [0, 0.05) is 6.07 Å². The Morgan fingerprint density at radius 2 is 1.58 bits per heavy atom. The number of rotatable bonds is 10. The van der Waals surface area contributed by atoms with E-state index in [1.807, 2.05) is 48.6 Å². The third kappa shape index (κ3) is 6.92. The third-order valence-corrected chi connectivity index (χ3v) is 5.07. The molecule has 3 aromatic rings. The van der Waals surface area contributed by atoms with Crippen molar-refractivity contribution in [1.29, 1.82) is 0 Å². The lowest BCUT2D eigenvalue weighted by atomic mass is 10.1. The van der Waals surface area contributed by atoms with E-state index in [0.29, 0.717) is 22.3 Å². The van der Waals surface area contributed by atoms with E-state index in [4.69, 9.17) is 35.7 Å². The minimum absolute atomic E-state index is 0.267. The van der Waals surface area contributed by atoms with Gasteiger partial charge in [-0.15, -0.1) is 0 Å². The molecule has 0 aliphatic heterocycles. The molecule has 1 N–H and O–H groups in total. The molecule has 172 valence electrons. The number of halogens is 1. The second-order valence-corrected chi connectivity index (χ2v) is 7.61. The monoisotopic (exact) mass is 468 g/mol. The minimum Gasteiger partial charge on any atom is -0.497 e. The standard InChI is InChI=1S/C26H25ClO6/c1-17(26(28)29)33-25-11-8-20(14-24(25)27)16-32-23-13-19(12-22(15-23)31-3)5-4-18-6-9-21(30-2)10-7-18/h4-15,17H,16H2,1-3H3,(H,28,29)/b5-4+. The molecule has 3 aromatic carbocycles. The second-order valence-electron chi connectivity index (χ2n) is 7.20. The number of methoxy groups -OCH3 is 2. The lowest BCUT2D eigenvalue weighted by Crippen LogP contribution is -2.23. The lowest BCUT2D eigenvalue weighted by Gasteiger charge is -2.13. The summed E-state index contributed by atoms with van der Waals surface area (Å²) in [6.07, 6.45) is 2.98. The smallest absolute Gasteiger partial charge is 0.344 e. The summed E-state index contributed by atoms with van der Waals surface area (Å²) in [6, 6.07) is 18.5. The molecule has 3 rings (SSSR count). The average Bonchev–Trinajstić information content (AvgIpc) is 2.83. The number of carbonyl (C=O) groups is 1. The molecule has 1 unspecified atom stereocenters. The predicted octanol–water partition coefficient (Wildman–Crippen LogP) is 5.96. The topological polar surface area (TPSA) is 74.2 Å². The maximum absolute atomic E-state index is 11.0. The zero-order chi connectivity index (χ0) is 23.8. The molecule has 0 radical (unpaired) electrons. The molecular formula is C26H25ClO6. The molecule has 0 spiro atoms. The van der Waals surface area contributed by atoms with Gasteiger partial charge in [-0.3, -0.25) is 0 Å². The van der Waals surface area contributed by atoms with E-state index < -0.39 is 12.1 Å². The summed E-state index contributed by atoms with van der Waals surface area (Å²) >= 11 is 6.24. The van der Waals surface area contributed by atoms with E-state index in [0.717, 1.165) is 22.4 Å². The summed E-state index contributed by atoms with van der Waals surface area (Å²) in [4.78, 5) is 11.0. The van der Waals surface area contributed by atoms with Gasteiger partial charge in [0.15, 0.2) is 6.10 Å². The first kappa shape index (κ1) is 24.0. The number of carboxylic acids is 1. The Bertz CT molecular complexity index is 1120. The van der Waals surface area contributed by atoms with Crippen molar-refractivity contribution in [2.45, 2.75) is 19.6 Å². The predicted molar refractivity (Wildman–Crippen MR) is 128 cm³/mol. The van der Waals surface area contributed by atoms with Crippen molar-refractivity contribution in [2.75, 3.05) is 14.2 Å². The maximum atomic E-state index is 11.0. The van der Waals surface area contributed by atoms with Crippen LogP contribution in [-0.2, 0) is 11.4 Å². The lowest BCUT2D eigenvalue weighted by molar-refractivity contribution is -0.144. The molecule has 33 heavy (non-hydrogen) atoms. The maximum Gasteiger partial charge on any atom is 0.344 e. The molecule has 0 saturated carbocycles. The van der Waals surface area contributed by atoms with E-state index in [-0.39, 0.29) is 6.61 Å². The Hall–Kier alpha value is -3.64. The Morgan fingerprint density at radius 3 is 2.21 bits per heavy atom. The summed E-state index contributed by atoms with van der Waals surface area (Å²) in [5, 5.41) is 9.30. The largest absolute Gasteiger partial charge is 0.497 e. The Labute approximate surface area is 197 Å². The summed E-state index contributed by atoms with van der Waals surface area (Å²) in [6.45, 7) is 1.71. The van der Waals surface area contributed by atoms with Crippen molar-refractivity contribution in [3.05, 3.63) is 82.4 Å². The van der Waals surface area contributed by atoms with Crippen LogP contribution in [0.3, 0.4) is 0 Å². The normalized spacial score (nSPS) is 11.8. The Morgan fingerprint density at radius 1 is 0.909 bits per heavy atom. The van der Waals surface area contributed by atoms with Crippen molar-refractivity contribution in [3.8, 4) is 23.0 Å². The molecule has 0 aliphatic rings. The van der Waals surface area contributed by atoms with Gasteiger partial charge in [0.25, 0.3) is 0 Å². The number of benzene rings is 3. The SMILES string of the molecule is COc1ccc(/C=C/c2cc(OC)cc(OCc3ccc(OC(C)C(=O)O)c(Cl)c3)c2)cc1.